The molecule has 0 atom stereocenters. The van der Waals surface area contributed by atoms with Crippen LogP contribution in [0.25, 0.3) is 0 Å². The van der Waals surface area contributed by atoms with Gasteiger partial charge in [-0.05, 0) is 41.8 Å². The van der Waals surface area contributed by atoms with E-state index in [0.717, 1.165) is 0 Å². The summed E-state index contributed by atoms with van der Waals surface area (Å²) in [7, 11) is 0. The van der Waals surface area contributed by atoms with E-state index in [2.05, 4.69) is 10.6 Å². The number of hydrogen-bond donors (Lipinski definition) is 2. The predicted molar refractivity (Wildman–Crippen MR) is 117 cm³/mol. The highest BCUT2D eigenvalue weighted by atomic mass is 35.5. The van der Waals surface area contributed by atoms with Gasteiger partial charge < -0.3 is 15.4 Å². The molecule has 3 aromatic rings. The molecular formula is C21H16ClN3O4S. The molecule has 2 heterocycles. The summed E-state index contributed by atoms with van der Waals surface area (Å²) in [5, 5.41) is 7.65. The zero-order chi connectivity index (χ0) is 21.1. The fourth-order valence-electron chi connectivity index (χ4n) is 2.98. The quantitative estimate of drug-likeness (QED) is 0.591. The molecule has 1 fully saturated rings. The maximum Gasteiger partial charge on any atom is 0.414 e. The first-order valence-corrected chi connectivity index (χ1v) is 10.3. The molecule has 2 N–H and O–H groups in total. The molecule has 0 saturated carbocycles. The van der Waals surface area contributed by atoms with Gasteiger partial charge in [0.15, 0.2) is 0 Å². The maximum absolute atomic E-state index is 12.8. The van der Waals surface area contributed by atoms with E-state index in [1.54, 1.807) is 53.9 Å². The van der Waals surface area contributed by atoms with E-state index in [4.69, 9.17) is 16.3 Å². The number of anilines is 3. The molecule has 0 aliphatic carbocycles. The first-order valence-electron chi connectivity index (χ1n) is 9.02. The van der Waals surface area contributed by atoms with E-state index in [1.165, 1.54) is 22.3 Å². The summed E-state index contributed by atoms with van der Waals surface area (Å²) >= 11 is 7.50. The van der Waals surface area contributed by atoms with E-state index in [9.17, 15) is 14.4 Å². The molecular weight excluding hydrogens is 426 g/mol. The minimum atomic E-state index is -0.457. The highest BCUT2D eigenvalue weighted by molar-refractivity contribution is 7.12. The Bertz CT molecular complexity index is 1120. The van der Waals surface area contributed by atoms with Crippen molar-refractivity contribution in [3.8, 4) is 0 Å². The highest BCUT2D eigenvalue weighted by Crippen LogP contribution is 2.29. The number of ether oxygens (including phenoxy) is 1. The maximum atomic E-state index is 12.8. The van der Waals surface area contributed by atoms with E-state index >= 15 is 0 Å². The van der Waals surface area contributed by atoms with Crippen molar-refractivity contribution >= 4 is 57.9 Å². The standard InChI is InChI=1S/C21H16ClN3O4S/c22-14-8-7-13(12-16(14)24-20(27)18-6-3-11-30-18)19(26)23-15-4-1-2-5-17(15)25-9-10-29-21(25)28/h1-8,11-12H,9-10H2,(H,23,26)(H,24,27). The normalized spacial score (nSPS) is 13.1. The number of nitrogens with zero attached hydrogens (tertiary/aromatic N) is 1. The van der Waals surface area contributed by atoms with Gasteiger partial charge in [0.05, 0.1) is 33.5 Å². The van der Waals surface area contributed by atoms with Crippen molar-refractivity contribution in [2.24, 2.45) is 0 Å². The van der Waals surface area contributed by atoms with Crippen LogP contribution in [-0.4, -0.2) is 31.1 Å². The van der Waals surface area contributed by atoms with Crippen molar-refractivity contribution in [2.75, 3.05) is 28.7 Å². The summed E-state index contributed by atoms with van der Waals surface area (Å²) in [6.07, 6.45) is -0.457. The van der Waals surface area contributed by atoms with Crippen molar-refractivity contribution in [1.29, 1.82) is 0 Å². The summed E-state index contributed by atoms with van der Waals surface area (Å²) in [5.41, 5.74) is 1.66. The van der Waals surface area contributed by atoms with E-state index < -0.39 is 12.0 Å². The van der Waals surface area contributed by atoms with Crippen LogP contribution in [0.2, 0.25) is 5.02 Å². The van der Waals surface area contributed by atoms with Crippen molar-refractivity contribution in [2.45, 2.75) is 0 Å². The van der Waals surface area contributed by atoms with Crippen molar-refractivity contribution < 1.29 is 19.1 Å². The van der Waals surface area contributed by atoms with Crippen LogP contribution in [-0.2, 0) is 4.74 Å². The summed E-state index contributed by atoms with van der Waals surface area (Å²) in [6, 6.07) is 15.1. The molecule has 1 aliphatic rings. The topological polar surface area (TPSA) is 87.7 Å². The lowest BCUT2D eigenvalue weighted by Gasteiger charge is -2.18. The Kier molecular flexibility index (Phi) is 5.69. The molecule has 2 aromatic carbocycles. The zero-order valence-corrected chi connectivity index (χ0v) is 17.1. The summed E-state index contributed by atoms with van der Waals surface area (Å²) in [6.45, 7) is 0.706. The van der Waals surface area contributed by atoms with Crippen LogP contribution in [0.5, 0.6) is 0 Å². The largest absolute Gasteiger partial charge is 0.447 e. The van der Waals surface area contributed by atoms with Crippen LogP contribution in [0.15, 0.2) is 60.0 Å². The predicted octanol–water partition coefficient (Wildman–Crippen LogP) is 4.86. The molecule has 1 saturated heterocycles. The van der Waals surface area contributed by atoms with Crippen LogP contribution >= 0.6 is 22.9 Å². The lowest BCUT2D eigenvalue weighted by atomic mass is 10.1. The zero-order valence-electron chi connectivity index (χ0n) is 15.6. The van der Waals surface area contributed by atoms with Gasteiger partial charge in [-0.3, -0.25) is 14.5 Å². The molecule has 4 rings (SSSR count). The van der Waals surface area contributed by atoms with Gasteiger partial charge in [0.2, 0.25) is 0 Å². The molecule has 9 heteroatoms. The van der Waals surface area contributed by atoms with E-state index in [0.29, 0.717) is 45.7 Å². The van der Waals surface area contributed by atoms with Gasteiger partial charge in [0.25, 0.3) is 11.8 Å². The number of halogens is 1. The van der Waals surface area contributed by atoms with Crippen LogP contribution in [0.3, 0.4) is 0 Å². The number of thiophene rings is 1. The average Bonchev–Trinajstić information content (AvgIpc) is 3.42. The Morgan fingerprint density at radius 1 is 1.00 bits per heavy atom. The molecule has 1 aliphatic heterocycles. The van der Waals surface area contributed by atoms with Gasteiger partial charge in [-0.2, -0.15) is 0 Å². The molecule has 152 valence electrons. The van der Waals surface area contributed by atoms with Crippen LogP contribution in [0, 0.1) is 0 Å². The number of amides is 3. The second-order valence-electron chi connectivity index (χ2n) is 6.36. The summed E-state index contributed by atoms with van der Waals surface area (Å²) < 4.78 is 4.98. The lowest BCUT2D eigenvalue weighted by Crippen LogP contribution is -2.25. The van der Waals surface area contributed by atoms with Gasteiger partial charge in [0, 0.05) is 5.56 Å². The monoisotopic (exact) mass is 441 g/mol. The molecule has 0 spiro atoms. The number of cyclic esters (lactones) is 1. The molecule has 7 nitrogen and oxygen atoms in total. The summed E-state index contributed by atoms with van der Waals surface area (Å²) in [4.78, 5) is 39.1. The Labute approximate surface area is 181 Å². The van der Waals surface area contributed by atoms with Gasteiger partial charge in [-0.15, -0.1) is 11.3 Å². The smallest absolute Gasteiger partial charge is 0.414 e. The Morgan fingerprint density at radius 3 is 2.53 bits per heavy atom. The minimum Gasteiger partial charge on any atom is -0.447 e. The third-order valence-electron chi connectivity index (χ3n) is 4.43. The highest BCUT2D eigenvalue weighted by Gasteiger charge is 2.26. The molecule has 30 heavy (non-hydrogen) atoms. The van der Waals surface area contributed by atoms with Crippen LogP contribution in [0.1, 0.15) is 20.0 Å². The molecule has 0 unspecified atom stereocenters. The third kappa shape index (κ3) is 4.14. The molecule has 0 bridgehead atoms. The average molecular weight is 442 g/mol. The Morgan fingerprint density at radius 2 is 1.80 bits per heavy atom. The second-order valence-corrected chi connectivity index (χ2v) is 7.72. The fourth-order valence-corrected chi connectivity index (χ4v) is 3.76. The SMILES string of the molecule is O=C(Nc1ccccc1N1CCOC1=O)c1ccc(Cl)c(NC(=O)c2cccs2)c1. The number of carbonyl (C=O) groups is 3. The van der Waals surface area contributed by atoms with Gasteiger partial charge >= 0.3 is 6.09 Å². The number of hydrogen-bond acceptors (Lipinski definition) is 5. The number of carbonyl (C=O) groups excluding carboxylic acids is 3. The first kappa shape index (κ1) is 19.9. The first-order chi connectivity index (χ1) is 14.5. The van der Waals surface area contributed by atoms with Gasteiger partial charge in [-0.25, -0.2) is 4.79 Å². The molecule has 0 radical (unpaired) electrons. The van der Waals surface area contributed by atoms with E-state index in [-0.39, 0.29) is 5.91 Å². The van der Waals surface area contributed by atoms with Crippen molar-refractivity contribution in [3.63, 3.8) is 0 Å². The van der Waals surface area contributed by atoms with E-state index in [1.807, 2.05) is 0 Å². The van der Waals surface area contributed by atoms with Crippen LogP contribution < -0.4 is 15.5 Å². The lowest BCUT2D eigenvalue weighted by molar-refractivity contribution is 0.101. The number of benzene rings is 2. The van der Waals surface area contributed by atoms with Gasteiger partial charge in [-0.1, -0.05) is 29.8 Å². The number of rotatable bonds is 5. The Hall–Kier alpha value is -3.36. The number of para-hydroxylation sites is 2. The minimum absolute atomic E-state index is 0.297. The fraction of sp³-hybridized carbons (Fsp3) is 0.0952. The summed E-state index contributed by atoms with van der Waals surface area (Å²) in [5.74, 6) is -0.708. The second kappa shape index (κ2) is 8.56. The van der Waals surface area contributed by atoms with Crippen molar-refractivity contribution in [3.05, 3.63) is 75.4 Å². The molecule has 3 amide bonds. The van der Waals surface area contributed by atoms with Gasteiger partial charge in [0.1, 0.15) is 6.61 Å². The number of nitrogens with one attached hydrogen (secondary N) is 2. The molecule has 1 aromatic heterocycles. The Balaban J connectivity index is 1.55. The van der Waals surface area contributed by atoms with Crippen molar-refractivity contribution in [1.82, 2.24) is 0 Å². The third-order valence-corrected chi connectivity index (χ3v) is 5.62. The van der Waals surface area contributed by atoms with Crippen LogP contribution in [0.4, 0.5) is 21.9 Å².